The second-order valence-electron chi connectivity index (χ2n) is 5.26. The second kappa shape index (κ2) is 6.72. The second-order valence-corrected chi connectivity index (χ2v) is 5.26. The summed E-state index contributed by atoms with van der Waals surface area (Å²) in [5.41, 5.74) is 2.11. The van der Waals surface area contributed by atoms with Gasteiger partial charge in [0.25, 0.3) is 0 Å². The van der Waals surface area contributed by atoms with Gasteiger partial charge in [0.1, 0.15) is 5.56 Å². The van der Waals surface area contributed by atoms with E-state index in [-0.39, 0.29) is 0 Å². The molecule has 0 aromatic heterocycles. The lowest BCUT2D eigenvalue weighted by molar-refractivity contribution is 0.0434. The van der Waals surface area contributed by atoms with Crippen molar-refractivity contribution in [1.82, 2.24) is 0 Å². The first-order valence-electron chi connectivity index (χ1n) is 7.49. The minimum Gasteiger partial charge on any atom is -0.493 e. The number of ether oxygens (including phenoxy) is 4. The molecule has 130 valence electrons. The van der Waals surface area contributed by atoms with Crippen LogP contribution in [0.2, 0.25) is 0 Å². The SMILES string of the molecule is COC(=O)c1ccc(N[C@@H]2OC(=O)c3c2ccc(OC)c3OC)cc1. The van der Waals surface area contributed by atoms with E-state index in [2.05, 4.69) is 10.1 Å². The first-order chi connectivity index (χ1) is 12.1. The molecule has 0 aliphatic carbocycles. The van der Waals surface area contributed by atoms with E-state index in [0.29, 0.717) is 33.9 Å². The topological polar surface area (TPSA) is 83.1 Å². The molecule has 0 saturated heterocycles. The molecular formula is C18H17NO6. The molecule has 7 nitrogen and oxygen atoms in total. The summed E-state index contributed by atoms with van der Waals surface area (Å²) >= 11 is 0. The first-order valence-corrected chi connectivity index (χ1v) is 7.49. The van der Waals surface area contributed by atoms with Crippen molar-refractivity contribution < 1.29 is 28.5 Å². The third kappa shape index (κ3) is 2.96. The number of rotatable bonds is 5. The summed E-state index contributed by atoms with van der Waals surface area (Å²) in [6.07, 6.45) is -0.661. The molecule has 0 radical (unpaired) electrons. The summed E-state index contributed by atoms with van der Waals surface area (Å²) < 4.78 is 20.6. The van der Waals surface area contributed by atoms with E-state index < -0.39 is 18.2 Å². The predicted molar refractivity (Wildman–Crippen MR) is 89.1 cm³/mol. The van der Waals surface area contributed by atoms with E-state index in [1.807, 2.05) is 0 Å². The lowest BCUT2D eigenvalue weighted by Crippen LogP contribution is -2.10. The van der Waals surface area contributed by atoms with Crippen molar-refractivity contribution >= 4 is 17.6 Å². The van der Waals surface area contributed by atoms with Gasteiger partial charge in [0.05, 0.1) is 26.9 Å². The summed E-state index contributed by atoms with van der Waals surface area (Å²) in [6, 6.07) is 10.1. The van der Waals surface area contributed by atoms with Crippen molar-refractivity contribution in [3.05, 3.63) is 53.1 Å². The first kappa shape index (κ1) is 16.6. The minimum absolute atomic E-state index is 0.338. The summed E-state index contributed by atoms with van der Waals surface area (Å²) in [7, 11) is 4.30. The molecular weight excluding hydrogens is 326 g/mol. The zero-order chi connectivity index (χ0) is 18.0. The molecule has 1 atom stereocenters. The van der Waals surface area contributed by atoms with Crippen LogP contribution in [-0.2, 0) is 9.47 Å². The zero-order valence-electron chi connectivity index (χ0n) is 14.0. The number of esters is 2. The maximum Gasteiger partial charge on any atom is 0.344 e. The van der Waals surface area contributed by atoms with Crippen LogP contribution in [0.4, 0.5) is 5.69 Å². The number of carbonyl (C=O) groups excluding carboxylic acids is 2. The van der Waals surface area contributed by atoms with Gasteiger partial charge in [-0.15, -0.1) is 0 Å². The van der Waals surface area contributed by atoms with Gasteiger partial charge in [-0.25, -0.2) is 9.59 Å². The Morgan fingerprint density at radius 3 is 2.36 bits per heavy atom. The van der Waals surface area contributed by atoms with E-state index in [4.69, 9.17) is 14.2 Å². The van der Waals surface area contributed by atoms with Gasteiger partial charge in [0, 0.05) is 11.3 Å². The number of anilines is 1. The van der Waals surface area contributed by atoms with E-state index in [9.17, 15) is 9.59 Å². The summed E-state index contributed by atoms with van der Waals surface area (Å²) in [5.74, 6) is -0.105. The van der Waals surface area contributed by atoms with Gasteiger partial charge in [-0.05, 0) is 36.4 Å². The molecule has 0 amide bonds. The van der Waals surface area contributed by atoms with Crippen molar-refractivity contribution in [1.29, 1.82) is 0 Å². The Bertz CT molecular complexity index is 815. The average molecular weight is 343 g/mol. The Hall–Kier alpha value is -3.22. The zero-order valence-corrected chi connectivity index (χ0v) is 14.0. The molecule has 1 aliphatic rings. The molecule has 2 aromatic rings. The largest absolute Gasteiger partial charge is 0.493 e. The fraction of sp³-hybridized carbons (Fsp3) is 0.222. The smallest absolute Gasteiger partial charge is 0.344 e. The molecule has 0 unspecified atom stereocenters. The fourth-order valence-corrected chi connectivity index (χ4v) is 2.68. The molecule has 25 heavy (non-hydrogen) atoms. The predicted octanol–water partition coefficient (Wildman–Crippen LogP) is 2.77. The molecule has 0 fully saturated rings. The van der Waals surface area contributed by atoms with Crippen LogP contribution in [0.25, 0.3) is 0 Å². The fourth-order valence-electron chi connectivity index (χ4n) is 2.68. The van der Waals surface area contributed by atoms with Crippen molar-refractivity contribution in [2.75, 3.05) is 26.6 Å². The molecule has 0 spiro atoms. The highest BCUT2D eigenvalue weighted by molar-refractivity contribution is 5.98. The number of methoxy groups -OCH3 is 3. The lowest BCUT2D eigenvalue weighted by atomic mass is 10.1. The van der Waals surface area contributed by atoms with Gasteiger partial charge in [-0.1, -0.05) is 0 Å². The number of nitrogens with one attached hydrogen (secondary N) is 1. The number of carbonyl (C=O) groups is 2. The molecule has 1 heterocycles. The highest BCUT2D eigenvalue weighted by Gasteiger charge is 2.35. The highest BCUT2D eigenvalue weighted by atomic mass is 16.6. The molecule has 1 aliphatic heterocycles. The number of benzene rings is 2. The van der Waals surface area contributed by atoms with Crippen LogP contribution in [0, 0.1) is 0 Å². The molecule has 3 rings (SSSR count). The van der Waals surface area contributed by atoms with Crippen LogP contribution in [0.5, 0.6) is 11.5 Å². The minimum atomic E-state index is -0.661. The van der Waals surface area contributed by atoms with Crippen molar-refractivity contribution in [2.24, 2.45) is 0 Å². The number of hydrogen-bond donors (Lipinski definition) is 1. The normalized spacial score (nSPS) is 15.2. The monoisotopic (exact) mass is 343 g/mol. The van der Waals surface area contributed by atoms with Gasteiger partial charge in [0.15, 0.2) is 11.5 Å². The van der Waals surface area contributed by atoms with Crippen molar-refractivity contribution in [3.63, 3.8) is 0 Å². The Labute approximate surface area is 144 Å². The van der Waals surface area contributed by atoms with Gasteiger partial charge in [-0.3, -0.25) is 0 Å². The van der Waals surface area contributed by atoms with Gasteiger partial charge in [-0.2, -0.15) is 0 Å². The van der Waals surface area contributed by atoms with Crippen LogP contribution >= 0.6 is 0 Å². The molecule has 0 bridgehead atoms. The summed E-state index contributed by atoms with van der Waals surface area (Å²) in [4.78, 5) is 23.7. The van der Waals surface area contributed by atoms with Crippen LogP contribution in [0.15, 0.2) is 36.4 Å². The Morgan fingerprint density at radius 1 is 1.04 bits per heavy atom. The number of cyclic esters (lactones) is 1. The molecule has 1 N–H and O–H groups in total. The van der Waals surface area contributed by atoms with Gasteiger partial charge in [0.2, 0.25) is 6.23 Å². The van der Waals surface area contributed by atoms with E-state index in [0.717, 1.165) is 0 Å². The summed E-state index contributed by atoms with van der Waals surface area (Å²) in [5, 5.41) is 3.11. The molecule has 7 heteroatoms. The van der Waals surface area contributed by atoms with E-state index in [1.165, 1.54) is 21.3 Å². The summed E-state index contributed by atoms with van der Waals surface area (Å²) in [6.45, 7) is 0. The molecule has 0 saturated carbocycles. The quantitative estimate of drug-likeness (QED) is 0.836. The van der Waals surface area contributed by atoms with Gasteiger partial charge >= 0.3 is 11.9 Å². The highest BCUT2D eigenvalue weighted by Crippen LogP contribution is 2.42. The average Bonchev–Trinajstić information content (AvgIpc) is 2.96. The van der Waals surface area contributed by atoms with Crippen molar-refractivity contribution in [3.8, 4) is 11.5 Å². The standard InChI is InChI=1S/C18H17NO6/c1-22-13-9-8-12-14(15(13)23-2)18(21)25-16(12)19-11-6-4-10(5-7-11)17(20)24-3/h4-9,16,19H,1-3H3/t16-/m1/s1. The Kier molecular flexibility index (Phi) is 4.47. The van der Waals surface area contributed by atoms with Crippen molar-refractivity contribution in [2.45, 2.75) is 6.23 Å². The Morgan fingerprint density at radius 2 is 1.76 bits per heavy atom. The molecule has 2 aromatic carbocycles. The van der Waals surface area contributed by atoms with Crippen LogP contribution in [0.3, 0.4) is 0 Å². The van der Waals surface area contributed by atoms with Gasteiger partial charge < -0.3 is 24.3 Å². The Balaban J connectivity index is 1.87. The maximum atomic E-state index is 12.2. The number of fused-ring (bicyclic) bond motifs is 1. The third-order valence-corrected chi connectivity index (χ3v) is 3.89. The van der Waals surface area contributed by atoms with E-state index >= 15 is 0 Å². The van der Waals surface area contributed by atoms with E-state index in [1.54, 1.807) is 36.4 Å². The van der Waals surface area contributed by atoms with Crippen LogP contribution < -0.4 is 14.8 Å². The van der Waals surface area contributed by atoms with Crippen LogP contribution in [0.1, 0.15) is 32.5 Å². The lowest BCUT2D eigenvalue weighted by Gasteiger charge is -2.15. The maximum absolute atomic E-state index is 12.2. The van der Waals surface area contributed by atoms with Crippen LogP contribution in [-0.4, -0.2) is 33.3 Å². The number of hydrogen-bond acceptors (Lipinski definition) is 7. The third-order valence-electron chi connectivity index (χ3n) is 3.89.